The highest BCUT2D eigenvalue weighted by molar-refractivity contribution is 7.14. The molecule has 0 radical (unpaired) electrons. The second-order valence-corrected chi connectivity index (χ2v) is 8.30. The van der Waals surface area contributed by atoms with Crippen LogP contribution in [0.2, 0.25) is 0 Å². The van der Waals surface area contributed by atoms with Gasteiger partial charge in [-0.1, -0.05) is 13.8 Å². The van der Waals surface area contributed by atoms with Gasteiger partial charge in [-0.25, -0.2) is 0 Å². The van der Waals surface area contributed by atoms with Gasteiger partial charge in [-0.05, 0) is 43.4 Å². The Labute approximate surface area is 158 Å². The van der Waals surface area contributed by atoms with Crippen LogP contribution in [0, 0.1) is 5.92 Å². The van der Waals surface area contributed by atoms with Gasteiger partial charge in [0.25, 0.3) is 11.8 Å². The lowest BCUT2D eigenvalue weighted by Gasteiger charge is -2.23. The highest BCUT2D eigenvalue weighted by Gasteiger charge is 2.33. The molecule has 1 atom stereocenters. The molecule has 0 aliphatic carbocycles. The Morgan fingerprint density at radius 3 is 2.85 bits per heavy atom. The van der Waals surface area contributed by atoms with Crippen molar-refractivity contribution >= 4 is 23.2 Å². The summed E-state index contributed by atoms with van der Waals surface area (Å²) < 4.78 is 1.69. The molecule has 0 bridgehead atoms. The maximum Gasteiger partial charge on any atom is 0.272 e. The van der Waals surface area contributed by atoms with Crippen LogP contribution in [-0.2, 0) is 13.5 Å². The quantitative estimate of drug-likeness (QED) is 0.875. The lowest BCUT2D eigenvalue weighted by atomic mass is 10.1. The molecule has 2 amide bonds. The molecule has 2 aromatic heterocycles. The molecule has 1 fully saturated rings. The van der Waals surface area contributed by atoms with Crippen molar-refractivity contribution in [3.63, 3.8) is 0 Å². The van der Waals surface area contributed by atoms with Gasteiger partial charge in [-0.2, -0.15) is 5.10 Å². The average Bonchev–Trinajstić information content (AvgIpc) is 3.31. The minimum absolute atomic E-state index is 0.0207. The fourth-order valence-corrected chi connectivity index (χ4v) is 4.58. The largest absolute Gasteiger partial charge is 0.354 e. The van der Waals surface area contributed by atoms with E-state index in [1.807, 2.05) is 30.1 Å². The number of hydrogen-bond acceptors (Lipinski definition) is 4. The van der Waals surface area contributed by atoms with Gasteiger partial charge in [0.15, 0.2) is 0 Å². The summed E-state index contributed by atoms with van der Waals surface area (Å²) in [5.74, 6) is 0.441. The summed E-state index contributed by atoms with van der Waals surface area (Å²) >= 11 is 1.47. The van der Waals surface area contributed by atoms with Gasteiger partial charge in [-0.15, -0.1) is 11.3 Å². The molecule has 1 saturated heterocycles. The van der Waals surface area contributed by atoms with Crippen molar-refractivity contribution in [2.75, 3.05) is 13.6 Å². The highest BCUT2D eigenvalue weighted by Crippen LogP contribution is 2.36. The fourth-order valence-electron chi connectivity index (χ4n) is 3.47. The maximum absolute atomic E-state index is 13.1. The Bertz CT molecular complexity index is 808. The van der Waals surface area contributed by atoms with Gasteiger partial charge in [0.05, 0.1) is 16.6 Å². The van der Waals surface area contributed by atoms with Crippen LogP contribution in [0.3, 0.4) is 0 Å². The first-order valence-electron chi connectivity index (χ1n) is 9.06. The van der Waals surface area contributed by atoms with Crippen LogP contribution in [0.25, 0.3) is 0 Å². The monoisotopic (exact) mass is 374 g/mol. The van der Waals surface area contributed by atoms with E-state index in [4.69, 9.17) is 0 Å². The number of carbonyl (C=O) groups is 2. The van der Waals surface area contributed by atoms with Crippen LogP contribution in [0.5, 0.6) is 0 Å². The molecule has 3 rings (SSSR count). The summed E-state index contributed by atoms with van der Waals surface area (Å²) in [6.45, 7) is 5.03. The highest BCUT2D eigenvalue weighted by atomic mass is 32.1. The summed E-state index contributed by atoms with van der Waals surface area (Å²) in [4.78, 5) is 28.6. The zero-order chi connectivity index (χ0) is 18.8. The van der Waals surface area contributed by atoms with Crippen LogP contribution in [0.4, 0.5) is 0 Å². The van der Waals surface area contributed by atoms with Gasteiger partial charge >= 0.3 is 0 Å². The van der Waals surface area contributed by atoms with Gasteiger partial charge in [0.1, 0.15) is 5.69 Å². The van der Waals surface area contributed by atoms with Crippen LogP contribution >= 0.6 is 11.3 Å². The molecule has 140 valence electrons. The fraction of sp³-hybridized carbons (Fsp3) is 0.526. The second kappa shape index (κ2) is 7.61. The van der Waals surface area contributed by atoms with Gasteiger partial charge < -0.3 is 10.2 Å². The summed E-state index contributed by atoms with van der Waals surface area (Å²) in [5.41, 5.74) is 1.59. The second-order valence-electron chi connectivity index (χ2n) is 7.18. The van der Waals surface area contributed by atoms with Crippen LogP contribution in [-0.4, -0.2) is 40.1 Å². The number of nitrogens with zero attached hydrogens (tertiary/aromatic N) is 3. The molecule has 6 nitrogen and oxygen atoms in total. The Hall–Kier alpha value is -2.15. The van der Waals surface area contributed by atoms with E-state index in [0.717, 1.165) is 36.4 Å². The Kier molecular flexibility index (Phi) is 5.46. The topological polar surface area (TPSA) is 67.2 Å². The molecule has 1 aliphatic heterocycles. The maximum atomic E-state index is 13.1. The van der Waals surface area contributed by atoms with Crippen molar-refractivity contribution in [3.8, 4) is 0 Å². The van der Waals surface area contributed by atoms with E-state index in [9.17, 15) is 9.59 Å². The first-order chi connectivity index (χ1) is 12.4. The molecule has 1 unspecified atom stereocenters. The van der Waals surface area contributed by atoms with Crippen LogP contribution < -0.4 is 5.32 Å². The standard InChI is InChI=1S/C19H26N4O2S/c1-12(2)10-13-11-15(22(4)21-13)19(25)23-9-5-6-14(23)16-7-8-17(26-16)18(24)20-3/h7-8,11-12,14H,5-6,9-10H2,1-4H3,(H,20,24). The van der Waals surface area contributed by atoms with Crippen molar-refractivity contribution < 1.29 is 9.59 Å². The van der Waals surface area contributed by atoms with E-state index in [-0.39, 0.29) is 17.9 Å². The summed E-state index contributed by atoms with van der Waals surface area (Å²) in [5, 5.41) is 7.15. The van der Waals surface area contributed by atoms with Crippen molar-refractivity contribution in [2.45, 2.75) is 39.2 Å². The van der Waals surface area contributed by atoms with E-state index in [1.54, 1.807) is 11.7 Å². The Balaban J connectivity index is 1.81. The van der Waals surface area contributed by atoms with Crippen molar-refractivity contribution in [3.05, 3.63) is 39.3 Å². The zero-order valence-electron chi connectivity index (χ0n) is 15.8. The minimum Gasteiger partial charge on any atom is -0.354 e. The van der Waals surface area contributed by atoms with E-state index in [1.165, 1.54) is 11.3 Å². The Morgan fingerprint density at radius 2 is 2.15 bits per heavy atom. The predicted octanol–water partition coefficient (Wildman–Crippen LogP) is 3.02. The van der Waals surface area contributed by atoms with Gasteiger partial charge in [0, 0.05) is 25.5 Å². The molecule has 7 heteroatoms. The number of amides is 2. The van der Waals surface area contributed by atoms with E-state index < -0.39 is 0 Å². The molecule has 0 saturated carbocycles. The first-order valence-corrected chi connectivity index (χ1v) is 9.88. The number of aromatic nitrogens is 2. The third kappa shape index (κ3) is 3.67. The van der Waals surface area contributed by atoms with E-state index in [2.05, 4.69) is 24.3 Å². The first kappa shape index (κ1) is 18.6. The van der Waals surface area contributed by atoms with Crippen molar-refractivity contribution in [1.82, 2.24) is 20.0 Å². The van der Waals surface area contributed by atoms with Gasteiger partial charge in [0.2, 0.25) is 0 Å². The summed E-state index contributed by atoms with van der Waals surface area (Å²) in [6, 6.07) is 5.76. The van der Waals surface area contributed by atoms with Gasteiger partial charge in [-0.3, -0.25) is 14.3 Å². The SMILES string of the molecule is CNC(=O)c1ccc(C2CCCN2C(=O)c2cc(CC(C)C)nn2C)s1. The predicted molar refractivity (Wildman–Crippen MR) is 102 cm³/mol. The van der Waals surface area contributed by atoms with E-state index >= 15 is 0 Å². The molecule has 2 aromatic rings. The van der Waals surface area contributed by atoms with E-state index in [0.29, 0.717) is 16.5 Å². The number of likely N-dealkylation sites (tertiary alicyclic amines) is 1. The third-order valence-corrected chi connectivity index (χ3v) is 5.87. The minimum atomic E-state index is -0.0814. The summed E-state index contributed by atoms with van der Waals surface area (Å²) in [6.07, 6.45) is 2.77. The van der Waals surface area contributed by atoms with Crippen LogP contribution in [0.15, 0.2) is 18.2 Å². The van der Waals surface area contributed by atoms with Crippen molar-refractivity contribution in [2.24, 2.45) is 13.0 Å². The normalized spacial score (nSPS) is 17.1. The molecular formula is C19H26N4O2S. The Morgan fingerprint density at radius 1 is 1.38 bits per heavy atom. The number of carbonyl (C=O) groups excluding carboxylic acids is 2. The molecular weight excluding hydrogens is 348 g/mol. The molecule has 1 N–H and O–H groups in total. The number of thiophene rings is 1. The van der Waals surface area contributed by atoms with Crippen molar-refractivity contribution in [1.29, 1.82) is 0 Å². The molecule has 0 aromatic carbocycles. The molecule has 0 spiro atoms. The number of nitrogens with one attached hydrogen (secondary N) is 1. The lowest BCUT2D eigenvalue weighted by Crippen LogP contribution is -2.31. The molecule has 1 aliphatic rings. The number of rotatable bonds is 5. The number of hydrogen-bond donors (Lipinski definition) is 1. The number of aryl methyl sites for hydroxylation is 1. The molecule has 3 heterocycles. The lowest BCUT2D eigenvalue weighted by molar-refractivity contribution is 0.0726. The summed E-state index contributed by atoms with van der Waals surface area (Å²) in [7, 11) is 3.46. The third-order valence-electron chi connectivity index (χ3n) is 4.69. The molecule has 26 heavy (non-hydrogen) atoms. The zero-order valence-corrected chi connectivity index (χ0v) is 16.6. The average molecular weight is 375 g/mol. The van der Waals surface area contributed by atoms with Crippen LogP contribution in [0.1, 0.15) is 63.5 Å². The smallest absolute Gasteiger partial charge is 0.272 e.